The van der Waals surface area contributed by atoms with E-state index in [0.29, 0.717) is 6.54 Å². The van der Waals surface area contributed by atoms with E-state index in [4.69, 9.17) is 5.73 Å². The van der Waals surface area contributed by atoms with Gasteiger partial charge in [-0.25, -0.2) is 13.1 Å². The molecule has 0 heterocycles. The van der Waals surface area contributed by atoms with Gasteiger partial charge in [-0.3, -0.25) is 4.79 Å². The summed E-state index contributed by atoms with van der Waals surface area (Å²) in [5.41, 5.74) is 6.10. The first-order chi connectivity index (χ1) is 11.8. The van der Waals surface area contributed by atoms with Crippen LogP contribution in [0.4, 0.5) is 0 Å². The summed E-state index contributed by atoms with van der Waals surface area (Å²) in [7, 11) is -2.04. The molecule has 0 atom stereocenters. The molecule has 0 saturated heterocycles. The Balaban J connectivity index is 2.19. The van der Waals surface area contributed by atoms with Crippen LogP contribution >= 0.6 is 0 Å². The van der Waals surface area contributed by atoms with Gasteiger partial charge in [0.15, 0.2) is 0 Å². The van der Waals surface area contributed by atoms with Crippen molar-refractivity contribution in [3.05, 3.63) is 29.8 Å². The van der Waals surface area contributed by atoms with Crippen LogP contribution < -0.4 is 10.5 Å². The van der Waals surface area contributed by atoms with Crippen LogP contribution in [0.3, 0.4) is 0 Å². The van der Waals surface area contributed by atoms with Crippen molar-refractivity contribution in [1.82, 2.24) is 9.62 Å². The predicted molar refractivity (Wildman–Crippen MR) is 98.9 cm³/mol. The number of hydrogen-bond acceptors (Lipinski definition) is 4. The molecule has 0 bridgehead atoms. The molecular weight excluding hydrogens is 338 g/mol. The number of nitrogens with two attached hydrogens (primary N) is 1. The molecule has 0 radical (unpaired) electrons. The molecule has 0 aliphatic heterocycles. The second-order valence-corrected chi connectivity index (χ2v) is 8.49. The van der Waals surface area contributed by atoms with Crippen molar-refractivity contribution < 1.29 is 13.2 Å². The molecule has 140 valence electrons. The van der Waals surface area contributed by atoms with Gasteiger partial charge in [0.1, 0.15) is 0 Å². The molecule has 0 aromatic heterocycles. The maximum Gasteiger partial charge on any atom is 0.254 e. The monoisotopic (exact) mass is 367 g/mol. The SMILES string of the molecule is CCCCN(C)C(=O)c1ccccc1S(=O)(=O)NC1CCC(N)CC1. The first-order valence-electron chi connectivity index (χ1n) is 8.97. The average Bonchev–Trinajstić information content (AvgIpc) is 2.60. The van der Waals surface area contributed by atoms with Gasteiger partial charge in [-0.2, -0.15) is 0 Å². The third-order valence-electron chi connectivity index (χ3n) is 4.69. The molecule has 1 aromatic rings. The van der Waals surface area contributed by atoms with E-state index in [1.807, 2.05) is 0 Å². The standard InChI is InChI=1S/C18H29N3O3S/c1-3-4-13-21(2)18(22)16-7-5-6-8-17(16)25(23,24)20-15-11-9-14(19)10-12-15/h5-8,14-15,20H,3-4,9-13,19H2,1-2H3. The number of nitrogens with zero attached hydrogens (tertiary/aromatic N) is 1. The van der Waals surface area contributed by atoms with E-state index in [2.05, 4.69) is 11.6 Å². The number of amides is 1. The van der Waals surface area contributed by atoms with E-state index in [9.17, 15) is 13.2 Å². The highest BCUT2D eigenvalue weighted by atomic mass is 32.2. The summed E-state index contributed by atoms with van der Waals surface area (Å²) in [6, 6.07) is 6.45. The van der Waals surface area contributed by atoms with Crippen LogP contribution in [0.25, 0.3) is 0 Å². The minimum absolute atomic E-state index is 0.0539. The average molecular weight is 368 g/mol. The van der Waals surface area contributed by atoms with Crippen LogP contribution in [0.15, 0.2) is 29.2 Å². The third kappa shape index (κ3) is 5.26. The molecule has 3 N–H and O–H groups in total. The lowest BCUT2D eigenvalue weighted by molar-refractivity contribution is 0.0789. The molecule has 1 fully saturated rings. The van der Waals surface area contributed by atoms with Crippen LogP contribution in [-0.2, 0) is 10.0 Å². The Bertz CT molecular complexity index is 683. The fourth-order valence-electron chi connectivity index (χ4n) is 3.10. The van der Waals surface area contributed by atoms with Gasteiger partial charge >= 0.3 is 0 Å². The summed E-state index contributed by atoms with van der Waals surface area (Å²) < 4.78 is 28.4. The molecule has 1 aromatic carbocycles. The zero-order chi connectivity index (χ0) is 18.4. The molecule has 0 unspecified atom stereocenters. The zero-order valence-electron chi connectivity index (χ0n) is 15.1. The van der Waals surface area contributed by atoms with Crippen LogP contribution in [0.5, 0.6) is 0 Å². The fraction of sp³-hybridized carbons (Fsp3) is 0.611. The van der Waals surface area contributed by atoms with Gasteiger partial charge in [0, 0.05) is 25.7 Å². The molecule has 2 rings (SSSR count). The van der Waals surface area contributed by atoms with Gasteiger partial charge in [-0.05, 0) is 44.2 Å². The molecule has 25 heavy (non-hydrogen) atoms. The Morgan fingerprint density at radius 3 is 2.52 bits per heavy atom. The summed E-state index contributed by atoms with van der Waals surface area (Å²) in [6.07, 6.45) is 4.95. The molecule has 6 nitrogen and oxygen atoms in total. The van der Waals surface area contributed by atoms with Crippen molar-refractivity contribution in [2.45, 2.75) is 62.4 Å². The topological polar surface area (TPSA) is 92.5 Å². The predicted octanol–water partition coefficient (Wildman–Crippen LogP) is 2.11. The van der Waals surface area contributed by atoms with Gasteiger partial charge in [-0.1, -0.05) is 25.5 Å². The zero-order valence-corrected chi connectivity index (χ0v) is 15.9. The Morgan fingerprint density at radius 1 is 1.24 bits per heavy atom. The minimum Gasteiger partial charge on any atom is -0.342 e. The molecule has 0 spiro atoms. The second-order valence-electron chi connectivity index (χ2n) is 6.81. The smallest absolute Gasteiger partial charge is 0.254 e. The van der Waals surface area contributed by atoms with Crippen LogP contribution in [-0.4, -0.2) is 44.9 Å². The molecule has 1 aliphatic carbocycles. The summed E-state index contributed by atoms with van der Waals surface area (Å²) in [6.45, 7) is 2.66. The lowest BCUT2D eigenvalue weighted by Crippen LogP contribution is -2.41. The number of carbonyl (C=O) groups excluding carboxylic acids is 1. The third-order valence-corrected chi connectivity index (χ3v) is 6.27. The minimum atomic E-state index is -3.75. The number of rotatable bonds is 7. The van der Waals surface area contributed by atoms with Crippen LogP contribution in [0.1, 0.15) is 55.8 Å². The van der Waals surface area contributed by atoms with Crippen molar-refractivity contribution in [3.63, 3.8) is 0 Å². The maximum atomic E-state index is 12.8. The van der Waals surface area contributed by atoms with Crippen LogP contribution in [0, 0.1) is 0 Å². The van der Waals surface area contributed by atoms with Crippen molar-refractivity contribution in [2.75, 3.05) is 13.6 Å². The number of nitrogens with one attached hydrogen (secondary N) is 1. The summed E-state index contributed by atoms with van der Waals surface area (Å²) in [5, 5.41) is 0. The van der Waals surface area contributed by atoms with Crippen molar-refractivity contribution in [1.29, 1.82) is 0 Å². The number of hydrogen-bond donors (Lipinski definition) is 2. The number of benzene rings is 1. The summed E-state index contributed by atoms with van der Waals surface area (Å²) in [4.78, 5) is 14.3. The molecule has 1 amide bonds. The quantitative estimate of drug-likeness (QED) is 0.772. The van der Waals surface area contributed by atoms with Gasteiger partial charge in [-0.15, -0.1) is 0 Å². The lowest BCUT2D eigenvalue weighted by atomic mass is 9.93. The van der Waals surface area contributed by atoms with E-state index >= 15 is 0 Å². The molecular formula is C18H29N3O3S. The normalized spacial score (nSPS) is 21.1. The highest BCUT2D eigenvalue weighted by Gasteiger charge is 2.28. The first kappa shape index (κ1) is 19.9. The van der Waals surface area contributed by atoms with Crippen molar-refractivity contribution in [3.8, 4) is 0 Å². The summed E-state index contributed by atoms with van der Waals surface area (Å²) >= 11 is 0. The molecule has 7 heteroatoms. The molecule has 1 saturated carbocycles. The highest BCUT2D eigenvalue weighted by molar-refractivity contribution is 7.89. The summed E-state index contributed by atoms with van der Waals surface area (Å²) in [5.74, 6) is -0.264. The van der Waals surface area contributed by atoms with E-state index < -0.39 is 10.0 Å². The Morgan fingerprint density at radius 2 is 1.88 bits per heavy atom. The van der Waals surface area contributed by atoms with Crippen LogP contribution in [0.2, 0.25) is 0 Å². The number of sulfonamides is 1. The van der Waals surface area contributed by atoms with E-state index in [1.165, 1.54) is 6.07 Å². The van der Waals surface area contributed by atoms with Gasteiger partial charge in [0.05, 0.1) is 10.5 Å². The van der Waals surface area contributed by atoms with E-state index in [1.54, 1.807) is 30.1 Å². The number of unbranched alkanes of at least 4 members (excludes halogenated alkanes) is 1. The largest absolute Gasteiger partial charge is 0.342 e. The van der Waals surface area contributed by atoms with Crippen molar-refractivity contribution >= 4 is 15.9 Å². The Labute approximate surface area is 150 Å². The van der Waals surface area contributed by atoms with E-state index in [-0.39, 0.29) is 28.4 Å². The van der Waals surface area contributed by atoms with Crippen molar-refractivity contribution in [2.24, 2.45) is 5.73 Å². The molecule has 1 aliphatic rings. The van der Waals surface area contributed by atoms with Gasteiger partial charge in [0.25, 0.3) is 5.91 Å². The first-order valence-corrected chi connectivity index (χ1v) is 10.5. The lowest BCUT2D eigenvalue weighted by Gasteiger charge is -2.27. The fourth-order valence-corrected chi connectivity index (χ4v) is 4.60. The van der Waals surface area contributed by atoms with Gasteiger partial charge < -0.3 is 10.6 Å². The van der Waals surface area contributed by atoms with E-state index in [0.717, 1.165) is 38.5 Å². The second kappa shape index (κ2) is 8.78. The highest BCUT2D eigenvalue weighted by Crippen LogP contribution is 2.22. The number of carbonyl (C=O) groups is 1. The van der Waals surface area contributed by atoms with Gasteiger partial charge in [0.2, 0.25) is 10.0 Å². The maximum absolute atomic E-state index is 12.8. The Kier molecular flexibility index (Phi) is 6.98. The Hall–Kier alpha value is -1.44.